The van der Waals surface area contributed by atoms with E-state index in [-0.39, 0.29) is 32.6 Å². The summed E-state index contributed by atoms with van der Waals surface area (Å²) >= 11 is 0. The second kappa shape index (κ2) is 11.4. The number of carbonyl (C=O) groups is 1. The first kappa shape index (κ1) is 24.9. The minimum absolute atomic E-state index is 0. The van der Waals surface area contributed by atoms with Crippen LogP contribution in [0.5, 0.6) is 0 Å². The van der Waals surface area contributed by atoms with Crippen LogP contribution in [0.25, 0.3) is 33.2 Å². The van der Waals surface area contributed by atoms with Crippen LogP contribution in [0.2, 0.25) is 0 Å². The molecule has 5 heteroatoms. The molecule has 5 rings (SSSR count). The summed E-state index contributed by atoms with van der Waals surface area (Å²) in [5.74, 6) is 0.640. The Balaban J connectivity index is 0.000000337. The summed E-state index contributed by atoms with van der Waals surface area (Å²) in [6, 6.07) is 20.1. The fraction of sp³-hybridized carbons (Fsp3) is 0.286. The van der Waals surface area contributed by atoms with Crippen LogP contribution < -0.4 is 0 Å². The Labute approximate surface area is 209 Å². The molecule has 0 saturated heterocycles. The van der Waals surface area contributed by atoms with E-state index in [0.29, 0.717) is 5.92 Å². The molecule has 1 aliphatic rings. The summed E-state index contributed by atoms with van der Waals surface area (Å²) in [5, 5.41) is 10.7. The summed E-state index contributed by atoms with van der Waals surface area (Å²) in [7, 11) is 0. The van der Waals surface area contributed by atoms with Crippen molar-refractivity contribution in [1.82, 2.24) is 4.98 Å². The van der Waals surface area contributed by atoms with Crippen LogP contribution in [0.15, 0.2) is 71.0 Å². The molecule has 174 valence electrons. The van der Waals surface area contributed by atoms with Crippen molar-refractivity contribution in [3.63, 3.8) is 0 Å². The smallest absolute Gasteiger partial charge is 0.155 e. The van der Waals surface area contributed by atoms with Crippen molar-refractivity contribution in [2.45, 2.75) is 51.9 Å². The Kier molecular flexibility index (Phi) is 8.63. The van der Waals surface area contributed by atoms with Crippen molar-refractivity contribution in [2.75, 3.05) is 0 Å². The molecule has 33 heavy (non-hydrogen) atoms. The maximum absolute atomic E-state index is 10.0. The number of benzene rings is 2. The third kappa shape index (κ3) is 6.00. The van der Waals surface area contributed by atoms with Gasteiger partial charge >= 0.3 is 0 Å². The Morgan fingerprint density at radius 1 is 1.09 bits per heavy atom. The molecule has 2 heterocycles. The molecule has 1 fully saturated rings. The number of hydrogen-bond acceptors (Lipinski definition) is 4. The molecule has 4 nitrogen and oxygen atoms in total. The van der Waals surface area contributed by atoms with Gasteiger partial charge in [0.1, 0.15) is 5.58 Å². The number of aliphatic hydroxyl groups is 1. The van der Waals surface area contributed by atoms with Gasteiger partial charge in [-0.05, 0) is 62.1 Å². The predicted octanol–water partition coefficient (Wildman–Crippen LogP) is 7.53. The first-order chi connectivity index (χ1) is 15.5. The van der Waals surface area contributed by atoms with Crippen LogP contribution in [0.4, 0.5) is 0 Å². The molecule has 0 atom stereocenters. The van der Waals surface area contributed by atoms with E-state index < -0.39 is 0 Å². The van der Waals surface area contributed by atoms with Gasteiger partial charge in [0.2, 0.25) is 0 Å². The molecule has 0 aliphatic heterocycles. The van der Waals surface area contributed by atoms with Crippen molar-refractivity contribution in [3.8, 4) is 11.3 Å². The number of ketones is 1. The molecular formula is C28H28NO3Pt-. The number of hydrogen-bond donors (Lipinski definition) is 1. The summed E-state index contributed by atoms with van der Waals surface area (Å²) in [6.07, 6.45) is 9.70. The second-order valence-corrected chi connectivity index (χ2v) is 8.40. The molecular weight excluding hydrogens is 593 g/mol. The molecule has 1 aliphatic carbocycles. The zero-order valence-corrected chi connectivity index (χ0v) is 21.2. The summed E-state index contributed by atoms with van der Waals surface area (Å²) < 4.78 is 6.21. The first-order valence-corrected chi connectivity index (χ1v) is 11.2. The van der Waals surface area contributed by atoms with Crippen LogP contribution in [-0.2, 0) is 25.9 Å². The van der Waals surface area contributed by atoms with E-state index in [4.69, 9.17) is 9.52 Å². The summed E-state index contributed by atoms with van der Waals surface area (Å²) in [6.45, 7) is 2.85. The topological polar surface area (TPSA) is 63.3 Å². The van der Waals surface area contributed by atoms with Crippen LogP contribution in [0, 0.1) is 6.07 Å². The summed E-state index contributed by atoms with van der Waals surface area (Å²) in [4.78, 5) is 14.5. The SMILES string of the molecule is CC(=O)/C=C(/C)O.[Pt].[c-]1ccc2c(oc3ccc(C4CCCCC4)cc32)c1-c1ccccn1. The molecule has 0 unspecified atom stereocenters. The molecule has 1 saturated carbocycles. The maximum atomic E-state index is 10.0. The maximum Gasteiger partial charge on any atom is 0.155 e. The quantitative estimate of drug-likeness (QED) is 0.146. The van der Waals surface area contributed by atoms with E-state index in [1.807, 2.05) is 30.5 Å². The molecule has 4 aromatic rings. The Morgan fingerprint density at radius 2 is 1.88 bits per heavy atom. The second-order valence-electron chi connectivity index (χ2n) is 8.40. The van der Waals surface area contributed by atoms with E-state index in [1.165, 1.54) is 63.0 Å². The normalized spacial score (nSPS) is 14.4. The number of nitrogens with zero attached hydrogens (tertiary/aromatic N) is 1. The van der Waals surface area contributed by atoms with Crippen LogP contribution in [0.3, 0.4) is 0 Å². The molecule has 0 bridgehead atoms. The van der Waals surface area contributed by atoms with Gasteiger partial charge in [0, 0.05) is 38.7 Å². The Morgan fingerprint density at radius 3 is 2.52 bits per heavy atom. The van der Waals surface area contributed by atoms with Gasteiger partial charge in [-0.1, -0.05) is 48.4 Å². The van der Waals surface area contributed by atoms with Gasteiger partial charge in [-0.15, -0.1) is 18.2 Å². The molecule has 1 N–H and O–H groups in total. The van der Waals surface area contributed by atoms with E-state index >= 15 is 0 Å². The zero-order valence-electron chi connectivity index (χ0n) is 18.9. The van der Waals surface area contributed by atoms with E-state index in [1.54, 1.807) is 0 Å². The van der Waals surface area contributed by atoms with Crippen LogP contribution >= 0.6 is 0 Å². The van der Waals surface area contributed by atoms with Gasteiger partial charge in [0.25, 0.3) is 0 Å². The zero-order chi connectivity index (χ0) is 22.5. The van der Waals surface area contributed by atoms with E-state index in [2.05, 4.69) is 35.3 Å². The van der Waals surface area contributed by atoms with Gasteiger partial charge in [0.05, 0.1) is 11.3 Å². The minimum atomic E-state index is -0.125. The van der Waals surface area contributed by atoms with Crippen LogP contribution in [0.1, 0.15) is 57.4 Å². The van der Waals surface area contributed by atoms with Crippen molar-refractivity contribution >= 4 is 27.7 Å². The van der Waals surface area contributed by atoms with Gasteiger partial charge in [0.15, 0.2) is 5.78 Å². The van der Waals surface area contributed by atoms with Gasteiger partial charge < -0.3 is 14.5 Å². The van der Waals surface area contributed by atoms with E-state index in [0.717, 1.165) is 27.8 Å². The van der Waals surface area contributed by atoms with Crippen molar-refractivity contribution in [1.29, 1.82) is 0 Å². The molecule has 2 aromatic heterocycles. The third-order valence-corrected chi connectivity index (χ3v) is 5.86. The number of furan rings is 1. The standard InChI is InChI=1S/C23H20NO.C5H8O2.Pt/c1-2-7-16(8-3-1)17-12-13-22-20(15-17)18-9-6-10-19(23(18)25-22)21-11-4-5-14-24-21;1-4(6)3-5(2)7;/h4-6,9,11-16H,1-3,7-8H2;3,6H,1-2H3;/q-1;;/b;4-3-;. The van der Waals surface area contributed by atoms with Gasteiger partial charge in [-0.25, -0.2) is 0 Å². The Hall–Kier alpha value is -2.71. The van der Waals surface area contributed by atoms with Crippen LogP contribution in [-0.4, -0.2) is 15.9 Å². The third-order valence-electron chi connectivity index (χ3n) is 5.86. The Bertz CT molecular complexity index is 1250. The van der Waals surface area contributed by atoms with Crippen molar-refractivity contribution in [2.24, 2.45) is 0 Å². The number of allylic oxidation sites excluding steroid dienone is 2. The number of rotatable bonds is 3. The van der Waals surface area contributed by atoms with E-state index in [9.17, 15) is 4.79 Å². The largest absolute Gasteiger partial charge is 0.512 e. The number of aromatic nitrogens is 1. The fourth-order valence-electron chi connectivity index (χ4n) is 4.44. The predicted molar refractivity (Wildman–Crippen MR) is 129 cm³/mol. The minimum Gasteiger partial charge on any atom is -0.512 e. The van der Waals surface area contributed by atoms with Crippen molar-refractivity contribution < 1.29 is 35.4 Å². The number of aliphatic hydroxyl groups excluding tert-OH is 1. The molecule has 0 radical (unpaired) electrons. The van der Waals surface area contributed by atoms with Gasteiger partial charge in [-0.3, -0.25) is 4.79 Å². The number of pyridine rings is 1. The average molecular weight is 622 g/mol. The molecule has 0 amide bonds. The summed E-state index contributed by atoms with van der Waals surface area (Å²) in [5.41, 5.74) is 5.14. The monoisotopic (exact) mass is 621 g/mol. The molecule has 2 aromatic carbocycles. The fourth-order valence-corrected chi connectivity index (χ4v) is 4.44. The first-order valence-electron chi connectivity index (χ1n) is 11.2. The average Bonchev–Trinajstić information content (AvgIpc) is 3.18. The number of carbonyl (C=O) groups excluding carboxylic acids is 1. The van der Waals surface area contributed by atoms with Crippen molar-refractivity contribution in [3.05, 3.63) is 78.2 Å². The van der Waals surface area contributed by atoms with Gasteiger partial charge in [-0.2, -0.15) is 0 Å². The molecule has 0 spiro atoms. The number of fused-ring (bicyclic) bond motifs is 3.